The lowest BCUT2D eigenvalue weighted by Crippen LogP contribution is -2.35. The van der Waals surface area contributed by atoms with Gasteiger partial charge < -0.3 is 15.8 Å². The first-order valence-electron chi connectivity index (χ1n) is 5.79. The molecule has 5 nitrogen and oxygen atoms in total. The number of nitrogens with one attached hydrogen (secondary N) is 1. The monoisotopic (exact) mass is 265 g/mol. The van der Waals surface area contributed by atoms with Crippen LogP contribution < -0.4 is 11.1 Å². The van der Waals surface area contributed by atoms with Crippen molar-refractivity contribution >= 4 is 22.2 Å². The van der Waals surface area contributed by atoms with Crippen molar-refractivity contribution in [1.82, 2.24) is 0 Å². The molecule has 1 atom stereocenters. The van der Waals surface area contributed by atoms with E-state index < -0.39 is 6.10 Å². The molecule has 18 heavy (non-hydrogen) atoms. The lowest BCUT2D eigenvalue weighted by molar-refractivity contribution is -0.125. The Balaban J connectivity index is 2.20. The van der Waals surface area contributed by atoms with Gasteiger partial charge in [-0.3, -0.25) is 4.79 Å². The fourth-order valence-electron chi connectivity index (χ4n) is 2.11. The molecule has 1 aliphatic rings. The van der Waals surface area contributed by atoms with E-state index in [9.17, 15) is 10.1 Å². The minimum Gasteiger partial charge on any atom is -0.370 e. The summed E-state index contributed by atoms with van der Waals surface area (Å²) in [5.74, 6) is -0.295. The molecule has 0 saturated carbocycles. The van der Waals surface area contributed by atoms with Gasteiger partial charge in [-0.2, -0.15) is 5.26 Å². The number of nitrogens with zero attached hydrogens (tertiary/aromatic N) is 1. The number of aryl methyl sites for hydroxylation is 1. The second-order valence-corrected chi connectivity index (χ2v) is 5.23. The quantitative estimate of drug-likeness (QED) is 0.850. The smallest absolute Gasteiger partial charge is 0.255 e. The predicted molar refractivity (Wildman–Crippen MR) is 69.5 cm³/mol. The third-order valence-electron chi connectivity index (χ3n) is 3.06. The zero-order chi connectivity index (χ0) is 13.1. The second kappa shape index (κ2) is 5.48. The second-order valence-electron chi connectivity index (χ2n) is 4.12. The fraction of sp³-hybridized carbons (Fsp3) is 0.500. The van der Waals surface area contributed by atoms with Crippen LogP contribution in [-0.4, -0.2) is 25.7 Å². The molecule has 3 N–H and O–H groups in total. The lowest BCUT2D eigenvalue weighted by Gasteiger charge is -2.12. The summed E-state index contributed by atoms with van der Waals surface area (Å²) in [4.78, 5) is 13.1. The van der Waals surface area contributed by atoms with E-state index in [1.165, 1.54) is 23.3 Å². The molecule has 1 unspecified atom stereocenters. The normalized spacial score (nSPS) is 14.9. The minimum absolute atomic E-state index is 0.120. The fourth-order valence-corrected chi connectivity index (χ4v) is 3.36. The van der Waals surface area contributed by atoms with Crippen LogP contribution >= 0.6 is 11.3 Å². The van der Waals surface area contributed by atoms with E-state index in [-0.39, 0.29) is 12.5 Å². The molecule has 0 bridgehead atoms. The van der Waals surface area contributed by atoms with Gasteiger partial charge in [0, 0.05) is 18.5 Å². The maximum atomic E-state index is 11.9. The molecule has 1 aromatic heterocycles. The van der Waals surface area contributed by atoms with E-state index in [1.807, 2.05) is 0 Å². The van der Waals surface area contributed by atoms with Crippen molar-refractivity contribution in [3.05, 3.63) is 16.0 Å². The molecule has 2 rings (SSSR count). The zero-order valence-corrected chi connectivity index (χ0v) is 11.0. The number of thiophene rings is 1. The number of carbonyl (C=O) groups is 1. The SMILES string of the molecule is COC(CN)C(=O)Nc1sc2c(c1C#N)CCC2. The number of rotatable bonds is 4. The Morgan fingerprint density at radius 2 is 2.44 bits per heavy atom. The van der Waals surface area contributed by atoms with Gasteiger partial charge >= 0.3 is 0 Å². The molecule has 0 saturated heterocycles. The van der Waals surface area contributed by atoms with Crippen LogP contribution in [0.1, 0.15) is 22.4 Å². The van der Waals surface area contributed by atoms with Crippen molar-refractivity contribution in [2.24, 2.45) is 5.73 Å². The maximum absolute atomic E-state index is 11.9. The average Bonchev–Trinajstić information content (AvgIpc) is 2.90. The Hall–Kier alpha value is -1.42. The molecule has 6 heteroatoms. The first kappa shape index (κ1) is 13.0. The first-order valence-corrected chi connectivity index (χ1v) is 6.61. The molecular formula is C12H15N3O2S. The number of anilines is 1. The van der Waals surface area contributed by atoms with Crippen LogP contribution in [0.5, 0.6) is 0 Å². The van der Waals surface area contributed by atoms with Gasteiger partial charge in [-0.25, -0.2) is 0 Å². The van der Waals surface area contributed by atoms with E-state index in [0.29, 0.717) is 10.6 Å². The van der Waals surface area contributed by atoms with E-state index >= 15 is 0 Å². The van der Waals surface area contributed by atoms with Crippen LogP contribution in [0.25, 0.3) is 0 Å². The van der Waals surface area contributed by atoms with Gasteiger partial charge in [0.05, 0.1) is 5.56 Å². The number of amides is 1. The Kier molecular flexibility index (Phi) is 3.97. The van der Waals surface area contributed by atoms with Crippen LogP contribution in [0.3, 0.4) is 0 Å². The molecule has 0 spiro atoms. The molecule has 1 amide bonds. The molecule has 1 aromatic rings. The van der Waals surface area contributed by atoms with Crippen molar-refractivity contribution < 1.29 is 9.53 Å². The molecule has 0 fully saturated rings. The number of nitrogens with two attached hydrogens (primary N) is 1. The van der Waals surface area contributed by atoms with Crippen LogP contribution in [-0.2, 0) is 22.4 Å². The van der Waals surface area contributed by atoms with Crippen molar-refractivity contribution in [3.8, 4) is 6.07 Å². The summed E-state index contributed by atoms with van der Waals surface area (Å²) >= 11 is 1.49. The Bertz CT molecular complexity index is 500. The van der Waals surface area contributed by atoms with E-state index in [2.05, 4.69) is 11.4 Å². The average molecular weight is 265 g/mol. The van der Waals surface area contributed by atoms with Gasteiger partial charge in [-0.1, -0.05) is 0 Å². The highest BCUT2D eigenvalue weighted by atomic mass is 32.1. The van der Waals surface area contributed by atoms with Crippen molar-refractivity contribution in [2.45, 2.75) is 25.4 Å². The summed E-state index contributed by atoms with van der Waals surface area (Å²) < 4.78 is 4.97. The largest absolute Gasteiger partial charge is 0.370 e. The lowest BCUT2D eigenvalue weighted by atomic mass is 10.1. The Morgan fingerprint density at radius 1 is 1.67 bits per heavy atom. The highest BCUT2D eigenvalue weighted by Gasteiger charge is 2.24. The van der Waals surface area contributed by atoms with Crippen molar-refractivity contribution in [3.63, 3.8) is 0 Å². The summed E-state index contributed by atoms with van der Waals surface area (Å²) in [5.41, 5.74) is 7.13. The number of ether oxygens (including phenoxy) is 1. The molecular weight excluding hydrogens is 250 g/mol. The molecule has 1 aliphatic carbocycles. The predicted octanol–water partition coefficient (Wildman–Crippen LogP) is 1.02. The number of hydrogen-bond acceptors (Lipinski definition) is 5. The standard InChI is InChI=1S/C12H15N3O2S/c1-17-9(6-14)11(16)15-12-8(5-13)7-3-2-4-10(7)18-12/h9H,2-4,6,14H2,1H3,(H,15,16). The Morgan fingerprint density at radius 3 is 3.06 bits per heavy atom. The molecule has 1 heterocycles. The highest BCUT2D eigenvalue weighted by Crippen LogP contribution is 2.38. The summed E-state index contributed by atoms with van der Waals surface area (Å²) in [6.45, 7) is 0.120. The van der Waals surface area contributed by atoms with Gasteiger partial charge in [-0.05, 0) is 24.8 Å². The van der Waals surface area contributed by atoms with E-state index in [4.69, 9.17) is 10.5 Å². The van der Waals surface area contributed by atoms with Gasteiger partial charge in [0.2, 0.25) is 0 Å². The van der Waals surface area contributed by atoms with Gasteiger partial charge in [-0.15, -0.1) is 11.3 Å². The number of hydrogen-bond donors (Lipinski definition) is 2. The third-order valence-corrected chi connectivity index (χ3v) is 4.27. The van der Waals surface area contributed by atoms with Gasteiger partial charge in [0.25, 0.3) is 5.91 Å². The zero-order valence-electron chi connectivity index (χ0n) is 10.2. The van der Waals surface area contributed by atoms with Crippen LogP contribution in [0.2, 0.25) is 0 Å². The van der Waals surface area contributed by atoms with E-state index in [0.717, 1.165) is 24.8 Å². The topological polar surface area (TPSA) is 88.1 Å². The van der Waals surface area contributed by atoms with Gasteiger partial charge in [0.15, 0.2) is 0 Å². The molecule has 0 aliphatic heterocycles. The van der Waals surface area contributed by atoms with Crippen LogP contribution in [0.15, 0.2) is 0 Å². The van der Waals surface area contributed by atoms with Crippen LogP contribution in [0.4, 0.5) is 5.00 Å². The summed E-state index contributed by atoms with van der Waals surface area (Å²) in [6.07, 6.45) is 2.34. The number of carbonyl (C=O) groups excluding carboxylic acids is 1. The molecule has 96 valence electrons. The number of methoxy groups -OCH3 is 1. The summed E-state index contributed by atoms with van der Waals surface area (Å²) in [5, 5.41) is 12.6. The van der Waals surface area contributed by atoms with Crippen molar-refractivity contribution in [1.29, 1.82) is 5.26 Å². The van der Waals surface area contributed by atoms with Gasteiger partial charge in [0.1, 0.15) is 17.2 Å². The minimum atomic E-state index is -0.673. The number of nitriles is 1. The molecule has 0 aromatic carbocycles. The number of fused-ring (bicyclic) bond motifs is 1. The first-order chi connectivity index (χ1) is 8.71. The van der Waals surface area contributed by atoms with Crippen LogP contribution in [0, 0.1) is 11.3 Å². The van der Waals surface area contributed by atoms with Crippen molar-refractivity contribution in [2.75, 3.05) is 19.0 Å². The van der Waals surface area contributed by atoms with E-state index in [1.54, 1.807) is 0 Å². The summed E-state index contributed by atoms with van der Waals surface area (Å²) in [7, 11) is 1.44. The third kappa shape index (κ3) is 2.25. The highest BCUT2D eigenvalue weighted by molar-refractivity contribution is 7.16. The molecule has 0 radical (unpaired) electrons. The Labute approximate surface area is 110 Å². The maximum Gasteiger partial charge on any atom is 0.255 e. The summed E-state index contributed by atoms with van der Waals surface area (Å²) in [6, 6.07) is 2.18.